The number of carboxylic acids is 1. The maximum atomic E-state index is 10.5. The van der Waals surface area contributed by atoms with Crippen LogP contribution in [0.3, 0.4) is 0 Å². The predicted octanol–water partition coefficient (Wildman–Crippen LogP) is 3.51. The number of carboxylic acid groups (broad SMARTS) is 1. The van der Waals surface area contributed by atoms with E-state index in [1.54, 1.807) is 0 Å². The summed E-state index contributed by atoms with van der Waals surface area (Å²) in [5, 5.41) is 11.5. The van der Waals surface area contributed by atoms with Gasteiger partial charge in [-0.25, -0.2) is 0 Å². The smallest absolute Gasteiger partial charge is 0.303 e. The van der Waals surface area contributed by atoms with E-state index >= 15 is 0 Å². The van der Waals surface area contributed by atoms with Crippen LogP contribution in [0.1, 0.15) is 12.0 Å². The Kier molecular flexibility index (Phi) is 3.11. The van der Waals surface area contributed by atoms with Gasteiger partial charge in [-0.2, -0.15) is 0 Å². The second-order valence-corrected chi connectivity index (χ2v) is 4.16. The normalized spacial score (nSPS) is 10.6. The first kappa shape index (κ1) is 11.0. The number of hydrogen-bond donors (Lipinski definition) is 1. The molecule has 0 bridgehead atoms. The minimum absolute atomic E-state index is 0.166. The summed E-state index contributed by atoms with van der Waals surface area (Å²) in [6, 6.07) is 11.6. The third kappa shape index (κ3) is 2.52. The molecular weight excluding hydrogens is 224 g/mol. The van der Waals surface area contributed by atoms with E-state index in [4.69, 9.17) is 16.7 Å². The van der Waals surface area contributed by atoms with Crippen molar-refractivity contribution in [1.29, 1.82) is 0 Å². The van der Waals surface area contributed by atoms with Crippen molar-refractivity contribution in [3.8, 4) is 0 Å². The van der Waals surface area contributed by atoms with Gasteiger partial charge in [0.2, 0.25) is 0 Å². The summed E-state index contributed by atoms with van der Waals surface area (Å²) in [7, 11) is 0. The molecule has 3 heteroatoms. The zero-order chi connectivity index (χ0) is 11.5. The Morgan fingerprint density at radius 2 is 1.81 bits per heavy atom. The molecule has 0 spiro atoms. The van der Waals surface area contributed by atoms with Gasteiger partial charge in [-0.05, 0) is 34.9 Å². The van der Waals surface area contributed by atoms with Crippen LogP contribution in [0.4, 0.5) is 0 Å². The minimum Gasteiger partial charge on any atom is -0.481 e. The van der Waals surface area contributed by atoms with Gasteiger partial charge in [-0.3, -0.25) is 4.79 Å². The molecule has 0 atom stereocenters. The van der Waals surface area contributed by atoms with Gasteiger partial charge < -0.3 is 5.11 Å². The van der Waals surface area contributed by atoms with E-state index in [2.05, 4.69) is 0 Å². The van der Waals surface area contributed by atoms with Crippen LogP contribution in [0.2, 0.25) is 5.02 Å². The molecule has 16 heavy (non-hydrogen) atoms. The Labute approximate surface area is 98.5 Å². The summed E-state index contributed by atoms with van der Waals surface area (Å²) >= 11 is 5.88. The first-order chi connectivity index (χ1) is 7.65. The third-order valence-electron chi connectivity index (χ3n) is 2.49. The number of benzene rings is 2. The summed E-state index contributed by atoms with van der Waals surface area (Å²) in [6.45, 7) is 0. The Hall–Kier alpha value is -1.54. The maximum absolute atomic E-state index is 10.5. The largest absolute Gasteiger partial charge is 0.481 e. The van der Waals surface area contributed by atoms with E-state index in [0.29, 0.717) is 11.4 Å². The standard InChI is InChI=1S/C13H11ClO2/c14-12-5-4-10-7-9(2-6-13(15)16)1-3-11(10)8-12/h1,3-5,7-8H,2,6H2,(H,15,16). The van der Waals surface area contributed by atoms with Crippen molar-refractivity contribution < 1.29 is 9.90 Å². The van der Waals surface area contributed by atoms with Crippen molar-refractivity contribution in [1.82, 2.24) is 0 Å². The van der Waals surface area contributed by atoms with Crippen LogP contribution in [0.5, 0.6) is 0 Å². The highest BCUT2D eigenvalue weighted by Crippen LogP contribution is 2.21. The Morgan fingerprint density at radius 3 is 2.56 bits per heavy atom. The lowest BCUT2D eigenvalue weighted by Gasteiger charge is -2.02. The van der Waals surface area contributed by atoms with Crippen LogP contribution in [0.15, 0.2) is 36.4 Å². The number of hydrogen-bond acceptors (Lipinski definition) is 1. The van der Waals surface area contributed by atoms with Crippen LogP contribution in [-0.2, 0) is 11.2 Å². The maximum Gasteiger partial charge on any atom is 0.303 e. The molecule has 2 aromatic rings. The summed E-state index contributed by atoms with van der Waals surface area (Å²) in [5.74, 6) is -0.767. The van der Waals surface area contributed by atoms with Gasteiger partial charge in [0.15, 0.2) is 0 Å². The Morgan fingerprint density at radius 1 is 1.12 bits per heavy atom. The van der Waals surface area contributed by atoms with Gasteiger partial charge in [0, 0.05) is 11.4 Å². The van der Waals surface area contributed by atoms with Crippen molar-refractivity contribution in [2.45, 2.75) is 12.8 Å². The molecule has 1 N–H and O–H groups in total. The molecule has 0 fully saturated rings. The van der Waals surface area contributed by atoms with Gasteiger partial charge in [0.1, 0.15) is 0 Å². The molecule has 2 aromatic carbocycles. The molecule has 0 saturated carbocycles. The van der Waals surface area contributed by atoms with Gasteiger partial charge >= 0.3 is 5.97 Å². The van der Waals surface area contributed by atoms with Gasteiger partial charge in [0.25, 0.3) is 0 Å². The number of aryl methyl sites for hydroxylation is 1. The SMILES string of the molecule is O=C(O)CCc1ccc2cc(Cl)ccc2c1. The Bertz CT molecular complexity index is 534. The van der Waals surface area contributed by atoms with Crippen LogP contribution >= 0.6 is 11.6 Å². The van der Waals surface area contributed by atoms with Crippen LogP contribution in [-0.4, -0.2) is 11.1 Å². The highest BCUT2D eigenvalue weighted by Gasteiger charge is 2.01. The van der Waals surface area contributed by atoms with Gasteiger partial charge in [0.05, 0.1) is 0 Å². The minimum atomic E-state index is -0.767. The monoisotopic (exact) mass is 234 g/mol. The molecule has 2 nitrogen and oxygen atoms in total. The molecule has 2 rings (SSSR count). The molecule has 0 aliphatic carbocycles. The lowest BCUT2D eigenvalue weighted by Crippen LogP contribution is -1.97. The summed E-state index contributed by atoms with van der Waals surface area (Å²) < 4.78 is 0. The molecule has 0 aliphatic rings. The summed E-state index contributed by atoms with van der Waals surface area (Å²) in [6.07, 6.45) is 0.729. The number of rotatable bonds is 3. The zero-order valence-electron chi connectivity index (χ0n) is 8.61. The van der Waals surface area contributed by atoms with Gasteiger partial charge in [-0.15, -0.1) is 0 Å². The molecule has 0 radical (unpaired) electrons. The van der Waals surface area contributed by atoms with Crippen molar-refractivity contribution in [2.24, 2.45) is 0 Å². The van der Waals surface area contributed by atoms with Crippen LogP contribution in [0, 0.1) is 0 Å². The van der Waals surface area contributed by atoms with Crippen molar-refractivity contribution in [2.75, 3.05) is 0 Å². The number of carbonyl (C=O) groups is 1. The van der Waals surface area contributed by atoms with Gasteiger partial charge in [-0.1, -0.05) is 35.9 Å². The summed E-state index contributed by atoms with van der Waals surface area (Å²) in [4.78, 5) is 10.5. The molecule has 0 unspecified atom stereocenters. The average Bonchev–Trinajstić information content (AvgIpc) is 2.26. The van der Waals surface area contributed by atoms with Crippen LogP contribution < -0.4 is 0 Å². The fraction of sp³-hybridized carbons (Fsp3) is 0.154. The second-order valence-electron chi connectivity index (χ2n) is 3.72. The average molecular weight is 235 g/mol. The molecule has 0 aliphatic heterocycles. The van der Waals surface area contributed by atoms with E-state index in [1.165, 1.54) is 0 Å². The third-order valence-corrected chi connectivity index (χ3v) is 2.73. The zero-order valence-corrected chi connectivity index (χ0v) is 9.37. The fourth-order valence-electron chi connectivity index (χ4n) is 1.67. The number of aliphatic carboxylic acids is 1. The summed E-state index contributed by atoms with van der Waals surface area (Å²) in [5.41, 5.74) is 1.04. The van der Waals surface area contributed by atoms with E-state index in [0.717, 1.165) is 16.3 Å². The fourth-order valence-corrected chi connectivity index (χ4v) is 1.85. The molecule has 82 valence electrons. The van der Waals surface area contributed by atoms with E-state index in [1.807, 2.05) is 36.4 Å². The number of halogens is 1. The van der Waals surface area contributed by atoms with Crippen molar-refractivity contribution in [3.63, 3.8) is 0 Å². The number of fused-ring (bicyclic) bond motifs is 1. The molecule has 0 heterocycles. The highest BCUT2D eigenvalue weighted by atomic mass is 35.5. The molecule has 0 saturated heterocycles. The quantitative estimate of drug-likeness (QED) is 0.883. The van der Waals surface area contributed by atoms with Crippen molar-refractivity contribution >= 4 is 28.3 Å². The second kappa shape index (κ2) is 4.54. The first-order valence-corrected chi connectivity index (χ1v) is 5.43. The first-order valence-electron chi connectivity index (χ1n) is 5.05. The lowest BCUT2D eigenvalue weighted by atomic mass is 10.0. The predicted molar refractivity (Wildman–Crippen MR) is 64.9 cm³/mol. The highest BCUT2D eigenvalue weighted by molar-refractivity contribution is 6.31. The molecular formula is C13H11ClO2. The van der Waals surface area contributed by atoms with E-state index in [9.17, 15) is 4.79 Å². The molecule has 0 aromatic heterocycles. The van der Waals surface area contributed by atoms with Crippen LogP contribution in [0.25, 0.3) is 10.8 Å². The van der Waals surface area contributed by atoms with Crippen molar-refractivity contribution in [3.05, 3.63) is 47.0 Å². The van der Waals surface area contributed by atoms with E-state index in [-0.39, 0.29) is 6.42 Å². The Balaban J connectivity index is 2.30. The molecule has 0 amide bonds. The lowest BCUT2D eigenvalue weighted by molar-refractivity contribution is -0.136. The topological polar surface area (TPSA) is 37.3 Å². The van der Waals surface area contributed by atoms with E-state index < -0.39 is 5.97 Å².